The highest BCUT2D eigenvalue weighted by Gasteiger charge is 2.13. The maximum Gasteiger partial charge on any atom is 0.157 e. The number of nitrogens with one attached hydrogen (secondary N) is 2. The van der Waals surface area contributed by atoms with Gasteiger partial charge >= 0.3 is 0 Å². The van der Waals surface area contributed by atoms with E-state index in [0.717, 1.165) is 29.3 Å². The molecule has 0 aromatic carbocycles. The second kappa shape index (κ2) is 4.72. The second-order valence-electron chi connectivity index (χ2n) is 4.53. The van der Waals surface area contributed by atoms with E-state index in [0.29, 0.717) is 0 Å². The van der Waals surface area contributed by atoms with Gasteiger partial charge in [-0.05, 0) is 31.0 Å². The minimum Gasteiger partial charge on any atom is -0.360 e. The molecular weight excluding hydrogens is 240 g/mol. The minimum absolute atomic E-state index is 0.129. The molecule has 3 rings (SSSR count). The van der Waals surface area contributed by atoms with E-state index in [9.17, 15) is 0 Å². The summed E-state index contributed by atoms with van der Waals surface area (Å²) < 4.78 is 1.80. The van der Waals surface area contributed by atoms with Crippen LogP contribution < -0.4 is 5.32 Å². The number of aryl methyl sites for hydroxylation is 1. The highest BCUT2D eigenvalue weighted by Crippen LogP contribution is 2.21. The van der Waals surface area contributed by atoms with E-state index in [2.05, 4.69) is 38.4 Å². The minimum atomic E-state index is 0.129. The van der Waals surface area contributed by atoms with Crippen molar-refractivity contribution in [2.24, 2.45) is 0 Å². The molecule has 0 saturated heterocycles. The van der Waals surface area contributed by atoms with Crippen LogP contribution in [0.25, 0.3) is 5.65 Å². The van der Waals surface area contributed by atoms with E-state index < -0.39 is 0 Å². The molecule has 1 atom stereocenters. The Morgan fingerprint density at radius 1 is 1.37 bits per heavy atom. The van der Waals surface area contributed by atoms with E-state index in [1.807, 2.05) is 19.2 Å². The van der Waals surface area contributed by atoms with Crippen molar-refractivity contribution in [3.63, 3.8) is 0 Å². The molecule has 0 fully saturated rings. The molecule has 1 unspecified atom stereocenters. The lowest BCUT2D eigenvalue weighted by Crippen LogP contribution is -2.14. The summed E-state index contributed by atoms with van der Waals surface area (Å²) in [5.41, 5.74) is 1.99. The van der Waals surface area contributed by atoms with E-state index in [4.69, 9.17) is 0 Å². The Bertz CT molecular complexity index is 670. The van der Waals surface area contributed by atoms with Crippen LogP contribution in [0.3, 0.4) is 0 Å². The number of imidazole rings is 1. The van der Waals surface area contributed by atoms with Crippen LogP contribution in [-0.2, 0) is 0 Å². The van der Waals surface area contributed by atoms with Crippen molar-refractivity contribution in [1.82, 2.24) is 24.6 Å². The summed E-state index contributed by atoms with van der Waals surface area (Å²) in [5, 5.41) is 7.71. The van der Waals surface area contributed by atoms with E-state index >= 15 is 0 Å². The zero-order valence-electron chi connectivity index (χ0n) is 11.0. The molecule has 3 heterocycles. The van der Waals surface area contributed by atoms with Gasteiger partial charge in [-0.1, -0.05) is 6.92 Å². The molecule has 3 aromatic heterocycles. The molecule has 0 bridgehead atoms. The van der Waals surface area contributed by atoms with Crippen molar-refractivity contribution < 1.29 is 0 Å². The van der Waals surface area contributed by atoms with Gasteiger partial charge in [0.1, 0.15) is 18.0 Å². The number of hydrogen-bond acceptors (Lipinski definition) is 4. The fourth-order valence-corrected chi connectivity index (χ4v) is 2.17. The second-order valence-corrected chi connectivity index (χ2v) is 4.53. The number of aromatic nitrogens is 5. The van der Waals surface area contributed by atoms with Gasteiger partial charge < -0.3 is 10.3 Å². The zero-order chi connectivity index (χ0) is 13.2. The lowest BCUT2D eigenvalue weighted by Gasteiger charge is -2.17. The summed E-state index contributed by atoms with van der Waals surface area (Å²) >= 11 is 0. The maximum atomic E-state index is 4.31. The lowest BCUT2D eigenvalue weighted by atomic mass is 10.2. The Morgan fingerprint density at radius 3 is 3.00 bits per heavy atom. The molecular formula is C13H16N6. The average Bonchev–Trinajstić information content (AvgIpc) is 3.05. The van der Waals surface area contributed by atoms with Crippen LogP contribution in [0.1, 0.15) is 30.8 Å². The number of pyridine rings is 1. The van der Waals surface area contributed by atoms with Crippen LogP contribution in [0.2, 0.25) is 0 Å². The number of nitrogens with zero attached hydrogens (tertiary/aromatic N) is 4. The van der Waals surface area contributed by atoms with Crippen molar-refractivity contribution in [3.05, 3.63) is 42.2 Å². The van der Waals surface area contributed by atoms with Gasteiger partial charge in [0.15, 0.2) is 5.65 Å². The first-order valence-corrected chi connectivity index (χ1v) is 6.34. The molecule has 19 heavy (non-hydrogen) atoms. The number of hydrogen-bond donors (Lipinski definition) is 2. The normalized spacial score (nSPS) is 12.7. The van der Waals surface area contributed by atoms with Gasteiger partial charge in [-0.2, -0.15) is 9.61 Å². The molecule has 0 aliphatic heterocycles. The monoisotopic (exact) mass is 256 g/mol. The molecule has 0 saturated carbocycles. The summed E-state index contributed by atoms with van der Waals surface area (Å²) in [6, 6.07) is 4.20. The molecule has 0 amide bonds. The third-order valence-corrected chi connectivity index (χ3v) is 3.10. The van der Waals surface area contributed by atoms with Crippen LogP contribution in [-0.4, -0.2) is 24.6 Å². The van der Waals surface area contributed by atoms with E-state index in [-0.39, 0.29) is 6.04 Å². The first-order valence-electron chi connectivity index (χ1n) is 6.34. The fourth-order valence-electron chi connectivity index (χ4n) is 2.17. The topological polar surface area (TPSA) is 70.9 Å². The smallest absolute Gasteiger partial charge is 0.157 e. The van der Waals surface area contributed by atoms with Crippen LogP contribution in [0, 0.1) is 6.92 Å². The molecule has 0 aliphatic carbocycles. The number of anilines is 1. The van der Waals surface area contributed by atoms with Crippen LogP contribution in [0.4, 0.5) is 5.82 Å². The van der Waals surface area contributed by atoms with Crippen LogP contribution in [0.5, 0.6) is 0 Å². The largest absolute Gasteiger partial charge is 0.360 e. The van der Waals surface area contributed by atoms with Gasteiger partial charge in [0.05, 0.1) is 6.04 Å². The maximum absolute atomic E-state index is 4.31. The fraction of sp³-hybridized carbons (Fsp3) is 0.308. The van der Waals surface area contributed by atoms with Gasteiger partial charge in [-0.25, -0.2) is 9.97 Å². The van der Waals surface area contributed by atoms with Gasteiger partial charge in [0.2, 0.25) is 0 Å². The van der Waals surface area contributed by atoms with Crippen LogP contribution >= 0.6 is 0 Å². The molecule has 6 nitrogen and oxygen atoms in total. The Labute approximate surface area is 110 Å². The molecule has 6 heteroatoms. The number of H-pyrrole nitrogens is 1. The Hall–Kier alpha value is -2.37. The van der Waals surface area contributed by atoms with Crippen molar-refractivity contribution in [1.29, 1.82) is 0 Å². The number of fused-ring (bicyclic) bond motifs is 1. The Kier molecular flexibility index (Phi) is 2.91. The zero-order valence-corrected chi connectivity index (χ0v) is 11.0. The van der Waals surface area contributed by atoms with Crippen molar-refractivity contribution in [2.75, 3.05) is 5.32 Å². The molecule has 0 aliphatic rings. The standard InChI is InChI=1S/C13H16N6/c1-3-10(13-14-4-5-15-13)18-12-7-9(2)6-11-16-8-17-19(11)12/h4-8,10,18H,3H2,1-2H3,(H,14,15). The van der Waals surface area contributed by atoms with Gasteiger partial charge in [0.25, 0.3) is 0 Å². The van der Waals surface area contributed by atoms with Crippen molar-refractivity contribution >= 4 is 11.5 Å². The lowest BCUT2D eigenvalue weighted by molar-refractivity contribution is 0.694. The third-order valence-electron chi connectivity index (χ3n) is 3.10. The molecule has 2 N–H and O–H groups in total. The van der Waals surface area contributed by atoms with Crippen LogP contribution in [0.15, 0.2) is 30.9 Å². The Balaban J connectivity index is 1.98. The average molecular weight is 256 g/mol. The van der Waals surface area contributed by atoms with Gasteiger partial charge in [-0.3, -0.25) is 0 Å². The first kappa shape index (κ1) is 11.7. The predicted molar refractivity (Wildman–Crippen MR) is 73.0 cm³/mol. The third kappa shape index (κ3) is 2.16. The highest BCUT2D eigenvalue weighted by atomic mass is 15.3. The molecule has 98 valence electrons. The van der Waals surface area contributed by atoms with Crippen molar-refractivity contribution in [3.8, 4) is 0 Å². The number of rotatable bonds is 4. The summed E-state index contributed by atoms with van der Waals surface area (Å²) in [6.07, 6.45) is 6.09. The van der Waals surface area contributed by atoms with E-state index in [1.165, 1.54) is 0 Å². The summed E-state index contributed by atoms with van der Waals surface area (Å²) in [5.74, 6) is 1.85. The first-order chi connectivity index (χ1) is 9.28. The summed E-state index contributed by atoms with van der Waals surface area (Å²) in [6.45, 7) is 4.17. The molecule has 3 aromatic rings. The summed E-state index contributed by atoms with van der Waals surface area (Å²) in [4.78, 5) is 11.7. The van der Waals surface area contributed by atoms with Gasteiger partial charge in [-0.15, -0.1) is 0 Å². The van der Waals surface area contributed by atoms with Gasteiger partial charge in [0, 0.05) is 12.4 Å². The molecule has 0 spiro atoms. The van der Waals surface area contributed by atoms with E-state index in [1.54, 1.807) is 17.0 Å². The summed E-state index contributed by atoms with van der Waals surface area (Å²) in [7, 11) is 0. The quantitative estimate of drug-likeness (QED) is 0.751. The predicted octanol–water partition coefficient (Wildman–Crippen LogP) is 2.32. The van der Waals surface area contributed by atoms with Crippen molar-refractivity contribution in [2.45, 2.75) is 26.3 Å². The molecule has 0 radical (unpaired) electrons. The SMILES string of the molecule is CCC(Nc1cc(C)cc2ncnn12)c1ncc[nH]1. The Morgan fingerprint density at radius 2 is 2.26 bits per heavy atom. The number of aromatic amines is 1. The highest BCUT2D eigenvalue weighted by molar-refractivity contribution is 5.51.